The molecule has 116 valence electrons. The molecule has 2 aromatic rings. The minimum Gasteiger partial charge on any atom is -0.370 e. The molecule has 0 amide bonds. The summed E-state index contributed by atoms with van der Waals surface area (Å²) in [5.41, 5.74) is 11.1. The Morgan fingerprint density at radius 3 is 2.64 bits per heavy atom. The first-order valence-electron chi connectivity index (χ1n) is 7.92. The number of nitrogens with zero attached hydrogens (tertiary/aromatic N) is 1. The van der Waals surface area contributed by atoms with Gasteiger partial charge in [0, 0.05) is 30.4 Å². The van der Waals surface area contributed by atoms with Gasteiger partial charge in [-0.25, -0.2) is 0 Å². The number of nitrogens with two attached hydrogens (primary N) is 1. The Kier molecular flexibility index (Phi) is 4.03. The van der Waals surface area contributed by atoms with Gasteiger partial charge in [-0.3, -0.25) is 4.79 Å². The molecule has 0 spiro atoms. The molecule has 2 heterocycles. The number of aromatic nitrogens is 1. The molecule has 3 rings (SSSR count). The van der Waals surface area contributed by atoms with Gasteiger partial charge >= 0.3 is 0 Å². The molecule has 0 bridgehead atoms. The molecule has 22 heavy (non-hydrogen) atoms. The molecule has 1 aromatic heterocycles. The quantitative estimate of drug-likeness (QED) is 0.914. The molecule has 4 nitrogen and oxygen atoms in total. The van der Waals surface area contributed by atoms with Gasteiger partial charge in [-0.05, 0) is 49.1 Å². The normalized spacial score (nSPS) is 18.0. The Morgan fingerprint density at radius 2 is 2.05 bits per heavy atom. The molecule has 1 atom stereocenters. The summed E-state index contributed by atoms with van der Waals surface area (Å²) in [6, 6.07) is 10.7. The van der Waals surface area contributed by atoms with Crippen molar-refractivity contribution >= 4 is 5.69 Å². The molecule has 1 aliphatic heterocycles. The number of aromatic amines is 1. The van der Waals surface area contributed by atoms with E-state index >= 15 is 0 Å². The Labute approximate surface area is 131 Å². The number of anilines is 1. The van der Waals surface area contributed by atoms with Gasteiger partial charge in [0.2, 0.25) is 0 Å². The fourth-order valence-corrected chi connectivity index (χ4v) is 3.09. The van der Waals surface area contributed by atoms with Crippen LogP contribution in [0.4, 0.5) is 5.69 Å². The number of rotatable bonds is 3. The Hall–Kier alpha value is -2.07. The molecule has 1 aromatic carbocycles. The maximum Gasteiger partial charge on any atom is 0.251 e. The second kappa shape index (κ2) is 5.97. The van der Waals surface area contributed by atoms with Gasteiger partial charge in [-0.1, -0.05) is 19.1 Å². The third-order valence-electron chi connectivity index (χ3n) is 4.44. The van der Waals surface area contributed by atoms with Crippen LogP contribution in [0.3, 0.4) is 0 Å². The molecule has 1 aliphatic rings. The van der Waals surface area contributed by atoms with Gasteiger partial charge in [-0.2, -0.15) is 0 Å². The summed E-state index contributed by atoms with van der Waals surface area (Å²) < 4.78 is 0. The zero-order valence-electron chi connectivity index (χ0n) is 13.2. The van der Waals surface area contributed by atoms with Gasteiger partial charge in [0.1, 0.15) is 0 Å². The third-order valence-corrected chi connectivity index (χ3v) is 4.44. The maximum atomic E-state index is 11.9. The number of H-pyrrole nitrogens is 1. The minimum atomic E-state index is -0.0122. The zero-order valence-corrected chi connectivity index (χ0v) is 13.2. The Bertz CT molecular complexity index is 718. The van der Waals surface area contributed by atoms with Crippen LogP contribution in [-0.2, 0) is 6.42 Å². The van der Waals surface area contributed by atoms with Crippen molar-refractivity contribution in [3.8, 4) is 11.3 Å². The average Bonchev–Trinajstić information content (AvgIpc) is 2.96. The molecule has 3 N–H and O–H groups in total. The molecule has 4 heteroatoms. The summed E-state index contributed by atoms with van der Waals surface area (Å²) in [5, 5.41) is 0. The lowest BCUT2D eigenvalue weighted by molar-refractivity contribution is 0.752. The van der Waals surface area contributed by atoms with Crippen LogP contribution in [0.5, 0.6) is 0 Å². The number of aryl methyl sites for hydroxylation is 2. The highest BCUT2D eigenvalue weighted by molar-refractivity contribution is 5.66. The highest BCUT2D eigenvalue weighted by Gasteiger charge is 2.19. The molecule has 1 fully saturated rings. The van der Waals surface area contributed by atoms with E-state index in [9.17, 15) is 4.79 Å². The van der Waals surface area contributed by atoms with Gasteiger partial charge in [0.25, 0.3) is 5.56 Å². The highest BCUT2D eigenvalue weighted by atomic mass is 16.1. The van der Waals surface area contributed by atoms with E-state index in [0.717, 1.165) is 42.8 Å². The van der Waals surface area contributed by atoms with Crippen molar-refractivity contribution in [3.05, 3.63) is 51.8 Å². The Balaban J connectivity index is 1.93. The van der Waals surface area contributed by atoms with Crippen LogP contribution in [0.15, 0.2) is 35.1 Å². The van der Waals surface area contributed by atoms with E-state index in [-0.39, 0.29) is 11.6 Å². The van der Waals surface area contributed by atoms with Crippen molar-refractivity contribution < 1.29 is 0 Å². The predicted molar refractivity (Wildman–Crippen MR) is 91.4 cm³/mol. The highest BCUT2D eigenvalue weighted by Crippen LogP contribution is 2.26. The summed E-state index contributed by atoms with van der Waals surface area (Å²) in [6.45, 7) is 5.89. The molecule has 1 unspecified atom stereocenters. The minimum absolute atomic E-state index is 0.0122. The summed E-state index contributed by atoms with van der Waals surface area (Å²) in [7, 11) is 0. The monoisotopic (exact) mass is 297 g/mol. The summed E-state index contributed by atoms with van der Waals surface area (Å²) in [5.74, 6) is 0. The van der Waals surface area contributed by atoms with E-state index in [1.165, 1.54) is 11.3 Å². The topological polar surface area (TPSA) is 62.1 Å². The first kappa shape index (κ1) is 14.9. The lowest BCUT2D eigenvalue weighted by atomic mass is 10.0. The first-order valence-corrected chi connectivity index (χ1v) is 7.92. The number of hydrogen-bond acceptors (Lipinski definition) is 3. The molecule has 0 radical (unpaired) electrons. The van der Waals surface area contributed by atoms with Crippen molar-refractivity contribution in [1.82, 2.24) is 4.98 Å². The largest absolute Gasteiger partial charge is 0.370 e. The molecule has 0 saturated carbocycles. The SMILES string of the molecule is CCc1cc(C)c(=O)[nH]c1-c1ccc(N2CCC(N)C2)cc1. The Morgan fingerprint density at radius 1 is 1.32 bits per heavy atom. The number of nitrogens with one attached hydrogen (secondary N) is 1. The lowest BCUT2D eigenvalue weighted by Gasteiger charge is -2.18. The lowest BCUT2D eigenvalue weighted by Crippen LogP contribution is -2.26. The van der Waals surface area contributed by atoms with Crippen LogP contribution in [0, 0.1) is 6.92 Å². The van der Waals surface area contributed by atoms with E-state index in [1.807, 2.05) is 13.0 Å². The number of benzene rings is 1. The van der Waals surface area contributed by atoms with Gasteiger partial charge in [-0.15, -0.1) is 0 Å². The summed E-state index contributed by atoms with van der Waals surface area (Å²) in [6.07, 6.45) is 1.95. The van der Waals surface area contributed by atoms with Crippen LogP contribution < -0.4 is 16.2 Å². The van der Waals surface area contributed by atoms with Crippen molar-refractivity contribution in [2.24, 2.45) is 5.73 Å². The first-order chi connectivity index (χ1) is 10.6. The van der Waals surface area contributed by atoms with E-state index < -0.39 is 0 Å². The average molecular weight is 297 g/mol. The standard InChI is InChI=1S/C18H23N3O/c1-3-13-10-12(2)18(22)20-17(13)14-4-6-16(7-5-14)21-9-8-15(19)11-21/h4-7,10,15H,3,8-9,11,19H2,1-2H3,(H,20,22). The summed E-state index contributed by atoms with van der Waals surface area (Å²) in [4.78, 5) is 17.2. The van der Waals surface area contributed by atoms with E-state index in [4.69, 9.17) is 5.73 Å². The van der Waals surface area contributed by atoms with Gasteiger partial charge < -0.3 is 15.6 Å². The van der Waals surface area contributed by atoms with Crippen LogP contribution in [0.25, 0.3) is 11.3 Å². The van der Waals surface area contributed by atoms with Gasteiger partial charge in [0.05, 0.1) is 5.69 Å². The molecule has 1 saturated heterocycles. The fraction of sp³-hybridized carbons (Fsp3) is 0.389. The second-order valence-electron chi connectivity index (χ2n) is 6.08. The van der Waals surface area contributed by atoms with Crippen LogP contribution in [-0.4, -0.2) is 24.1 Å². The van der Waals surface area contributed by atoms with E-state index in [1.54, 1.807) is 0 Å². The van der Waals surface area contributed by atoms with Crippen LogP contribution in [0.1, 0.15) is 24.5 Å². The second-order valence-corrected chi connectivity index (χ2v) is 6.08. The molecule has 0 aliphatic carbocycles. The number of hydrogen-bond donors (Lipinski definition) is 2. The zero-order chi connectivity index (χ0) is 15.7. The smallest absolute Gasteiger partial charge is 0.251 e. The van der Waals surface area contributed by atoms with E-state index in [0.29, 0.717) is 0 Å². The van der Waals surface area contributed by atoms with Crippen molar-refractivity contribution in [2.45, 2.75) is 32.7 Å². The molecular formula is C18H23N3O. The van der Waals surface area contributed by atoms with Crippen molar-refractivity contribution in [1.29, 1.82) is 0 Å². The van der Waals surface area contributed by atoms with Crippen LogP contribution >= 0.6 is 0 Å². The van der Waals surface area contributed by atoms with Gasteiger partial charge in [0.15, 0.2) is 0 Å². The molecular weight excluding hydrogens is 274 g/mol. The van der Waals surface area contributed by atoms with Crippen molar-refractivity contribution in [2.75, 3.05) is 18.0 Å². The maximum absolute atomic E-state index is 11.9. The fourth-order valence-electron chi connectivity index (χ4n) is 3.09. The third kappa shape index (κ3) is 2.79. The predicted octanol–water partition coefficient (Wildman–Crippen LogP) is 2.45. The summed E-state index contributed by atoms with van der Waals surface area (Å²) >= 11 is 0. The van der Waals surface area contributed by atoms with Crippen LogP contribution in [0.2, 0.25) is 0 Å². The number of pyridine rings is 1. The van der Waals surface area contributed by atoms with Crippen molar-refractivity contribution in [3.63, 3.8) is 0 Å². The van der Waals surface area contributed by atoms with E-state index in [2.05, 4.69) is 41.1 Å².